The van der Waals surface area contributed by atoms with E-state index in [-0.39, 0.29) is 30.5 Å². The second-order valence-corrected chi connectivity index (χ2v) is 11.6. The van der Waals surface area contributed by atoms with Crippen molar-refractivity contribution in [2.75, 3.05) is 10.2 Å². The summed E-state index contributed by atoms with van der Waals surface area (Å²) in [6.45, 7) is 2.02. The molecule has 2 N–H and O–H groups in total. The van der Waals surface area contributed by atoms with Crippen molar-refractivity contribution in [3.8, 4) is 0 Å². The molecule has 3 aromatic carbocycles. The third-order valence-corrected chi connectivity index (χ3v) is 8.37. The lowest BCUT2D eigenvalue weighted by atomic mass is 9.95. The summed E-state index contributed by atoms with van der Waals surface area (Å²) in [7, 11) is 0. The first-order chi connectivity index (χ1) is 20.8. The first-order valence-electron chi connectivity index (χ1n) is 13.6. The molecular formula is C33H27ClN2O6S. The zero-order valence-electron chi connectivity index (χ0n) is 23.1. The smallest absolute Gasteiger partial charge is 0.290 e. The van der Waals surface area contributed by atoms with Gasteiger partial charge in [0, 0.05) is 23.0 Å². The molecule has 2 aliphatic rings. The van der Waals surface area contributed by atoms with Gasteiger partial charge in [-0.3, -0.25) is 14.4 Å². The molecule has 218 valence electrons. The summed E-state index contributed by atoms with van der Waals surface area (Å²) in [5.74, 6) is -1.25. The first-order valence-corrected chi connectivity index (χ1v) is 14.9. The SMILES string of the molecule is Cc1cc(NC(=O)C2=C[C@H](c3ccsc3)C[C@H](OCc3ccc(CO)cc3)O2)ccc1N1C(=O)c2ccc(Cl)cc2C1=O. The van der Waals surface area contributed by atoms with E-state index in [2.05, 4.69) is 5.32 Å². The predicted molar refractivity (Wildman–Crippen MR) is 164 cm³/mol. The number of nitrogens with one attached hydrogen (secondary N) is 1. The van der Waals surface area contributed by atoms with Crippen LogP contribution in [0.2, 0.25) is 5.02 Å². The molecule has 0 bridgehead atoms. The fraction of sp³-hybridized carbons (Fsp3) is 0.182. The molecule has 6 rings (SSSR count). The van der Waals surface area contributed by atoms with Gasteiger partial charge in [-0.1, -0.05) is 35.9 Å². The highest BCUT2D eigenvalue weighted by molar-refractivity contribution is 7.08. The Morgan fingerprint density at radius 3 is 2.53 bits per heavy atom. The Bertz CT molecular complexity index is 1730. The highest BCUT2D eigenvalue weighted by Crippen LogP contribution is 2.35. The molecule has 10 heteroatoms. The van der Waals surface area contributed by atoms with Crippen molar-refractivity contribution in [1.29, 1.82) is 0 Å². The summed E-state index contributed by atoms with van der Waals surface area (Å²) in [5, 5.41) is 16.6. The Morgan fingerprint density at radius 1 is 1.05 bits per heavy atom. The van der Waals surface area contributed by atoms with Gasteiger partial charge in [-0.05, 0) is 88.5 Å². The van der Waals surface area contributed by atoms with Crippen molar-refractivity contribution in [1.82, 2.24) is 0 Å². The average Bonchev–Trinajstić information content (AvgIpc) is 3.64. The summed E-state index contributed by atoms with van der Waals surface area (Å²) in [6, 6.07) is 19.1. The molecule has 3 heterocycles. The van der Waals surface area contributed by atoms with Crippen LogP contribution in [0.4, 0.5) is 11.4 Å². The summed E-state index contributed by atoms with van der Waals surface area (Å²) in [5.41, 5.74) is 4.89. The largest absolute Gasteiger partial charge is 0.459 e. The molecule has 2 aliphatic heterocycles. The molecule has 1 aromatic heterocycles. The average molecular weight is 615 g/mol. The zero-order chi connectivity index (χ0) is 30.1. The molecule has 0 spiro atoms. The van der Waals surface area contributed by atoms with Gasteiger partial charge in [-0.2, -0.15) is 11.3 Å². The van der Waals surface area contributed by atoms with Crippen molar-refractivity contribution in [2.24, 2.45) is 0 Å². The lowest BCUT2D eigenvalue weighted by Crippen LogP contribution is -2.30. The van der Waals surface area contributed by atoms with E-state index in [0.717, 1.165) is 21.6 Å². The van der Waals surface area contributed by atoms with E-state index >= 15 is 0 Å². The number of hydrogen-bond donors (Lipinski definition) is 2. The molecular weight excluding hydrogens is 588 g/mol. The molecule has 3 amide bonds. The molecule has 0 saturated carbocycles. The standard InChI is InChI=1S/C33H27ClN2O6S/c1-19-12-25(7-9-28(19)36-32(39)26-8-6-24(34)15-27(26)33(36)40)35-31(38)29-13-23(22-10-11-43-18-22)14-30(42-29)41-17-21-4-2-20(16-37)3-5-21/h2-13,15,18,23,30,37H,14,16-17H2,1H3,(H,35,38)/t23-,30+/m0/s1. The maximum atomic E-state index is 13.4. The molecule has 8 nitrogen and oxygen atoms in total. The monoisotopic (exact) mass is 614 g/mol. The number of halogens is 1. The van der Waals surface area contributed by atoms with Crippen LogP contribution in [0, 0.1) is 6.92 Å². The van der Waals surface area contributed by atoms with E-state index in [9.17, 15) is 19.5 Å². The molecule has 43 heavy (non-hydrogen) atoms. The van der Waals surface area contributed by atoms with E-state index in [1.807, 2.05) is 41.1 Å². The van der Waals surface area contributed by atoms with Gasteiger partial charge in [0.15, 0.2) is 5.76 Å². The maximum absolute atomic E-state index is 13.4. The van der Waals surface area contributed by atoms with Crippen molar-refractivity contribution in [2.45, 2.75) is 38.8 Å². The number of aliphatic hydroxyl groups is 1. The Morgan fingerprint density at radius 2 is 1.81 bits per heavy atom. The van der Waals surface area contributed by atoms with Crippen LogP contribution in [0.25, 0.3) is 0 Å². The number of carbonyl (C=O) groups is 3. The van der Waals surface area contributed by atoms with Gasteiger partial charge in [0.05, 0.1) is 30.0 Å². The number of anilines is 2. The number of rotatable bonds is 8. The van der Waals surface area contributed by atoms with Gasteiger partial charge < -0.3 is 19.9 Å². The number of aliphatic hydroxyl groups excluding tert-OH is 1. The molecule has 0 aliphatic carbocycles. The van der Waals surface area contributed by atoms with Crippen LogP contribution in [0.3, 0.4) is 0 Å². The summed E-state index contributed by atoms with van der Waals surface area (Å²) in [4.78, 5) is 40.6. The van der Waals surface area contributed by atoms with Crippen molar-refractivity contribution in [3.63, 3.8) is 0 Å². The molecule has 0 fully saturated rings. The van der Waals surface area contributed by atoms with E-state index < -0.39 is 24.0 Å². The van der Waals surface area contributed by atoms with Gasteiger partial charge in [0.1, 0.15) is 0 Å². The van der Waals surface area contributed by atoms with Gasteiger partial charge in [-0.25, -0.2) is 4.90 Å². The molecule has 0 radical (unpaired) electrons. The summed E-state index contributed by atoms with van der Waals surface area (Å²) in [6.07, 6.45) is 1.69. The van der Waals surface area contributed by atoms with Crippen molar-refractivity contribution in [3.05, 3.63) is 128 Å². The predicted octanol–water partition coefficient (Wildman–Crippen LogP) is 6.57. The van der Waals surface area contributed by atoms with Crippen LogP contribution in [-0.2, 0) is 27.5 Å². The number of amides is 3. The Hall–Kier alpha value is -4.28. The zero-order valence-corrected chi connectivity index (χ0v) is 24.7. The number of aryl methyl sites for hydroxylation is 1. The van der Waals surface area contributed by atoms with Crippen LogP contribution in [-0.4, -0.2) is 29.1 Å². The van der Waals surface area contributed by atoms with E-state index in [0.29, 0.717) is 33.9 Å². The number of carbonyl (C=O) groups excluding carboxylic acids is 3. The summed E-state index contributed by atoms with van der Waals surface area (Å²) >= 11 is 7.63. The minimum atomic E-state index is -0.653. The minimum absolute atomic E-state index is 0.0290. The Labute approximate surface area is 257 Å². The van der Waals surface area contributed by atoms with E-state index in [1.54, 1.807) is 54.7 Å². The van der Waals surface area contributed by atoms with Crippen LogP contribution in [0.5, 0.6) is 0 Å². The van der Waals surface area contributed by atoms with Gasteiger partial charge in [0.2, 0.25) is 6.29 Å². The third kappa shape index (κ3) is 5.98. The number of benzene rings is 3. The normalized spacial score (nSPS) is 17.8. The number of nitrogens with zero attached hydrogens (tertiary/aromatic N) is 1. The Balaban J connectivity index is 1.17. The second kappa shape index (κ2) is 12.1. The fourth-order valence-corrected chi connectivity index (χ4v) is 6.07. The van der Waals surface area contributed by atoms with Gasteiger partial charge >= 0.3 is 0 Å². The molecule has 4 aromatic rings. The number of imide groups is 1. The van der Waals surface area contributed by atoms with Crippen LogP contribution in [0.1, 0.15) is 55.3 Å². The van der Waals surface area contributed by atoms with E-state index in [4.69, 9.17) is 21.1 Å². The topological polar surface area (TPSA) is 105 Å². The third-order valence-electron chi connectivity index (χ3n) is 7.44. The number of fused-ring (bicyclic) bond motifs is 1. The quantitative estimate of drug-likeness (QED) is 0.218. The van der Waals surface area contributed by atoms with E-state index in [1.165, 1.54) is 6.07 Å². The second-order valence-electron chi connectivity index (χ2n) is 10.4. The van der Waals surface area contributed by atoms with Crippen LogP contribution >= 0.6 is 22.9 Å². The summed E-state index contributed by atoms with van der Waals surface area (Å²) < 4.78 is 12.1. The lowest BCUT2D eigenvalue weighted by molar-refractivity contribution is -0.147. The van der Waals surface area contributed by atoms with Crippen molar-refractivity contribution >= 4 is 52.0 Å². The highest BCUT2D eigenvalue weighted by Gasteiger charge is 2.37. The van der Waals surface area contributed by atoms with Gasteiger partial charge in [0.25, 0.3) is 17.7 Å². The Kier molecular flexibility index (Phi) is 8.14. The molecule has 2 atom stereocenters. The minimum Gasteiger partial charge on any atom is -0.459 e. The number of ether oxygens (including phenoxy) is 2. The van der Waals surface area contributed by atoms with Crippen LogP contribution < -0.4 is 10.2 Å². The van der Waals surface area contributed by atoms with Gasteiger partial charge in [-0.15, -0.1) is 0 Å². The number of thiophene rings is 1. The number of hydrogen-bond acceptors (Lipinski definition) is 7. The lowest BCUT2D eigenvalue weighted by Gasteiger charge is -2.29. The van der Waals surface area contributed by atoms with Crippen LogP contribution in [0.15, 0.2) is 89.3 Å². The number of allylic oxidation sites excluding steroid dienone is 1. The first kappa shape index (κ1) is 28.8. The maximum Gasteiger partial charge on any atom is 0.290 e. The van der Waals surface area contributed by atoms with Crippen molar-refractivity contribution < 1.29 is 29.0 Å². The molecule has 0 unspecified atom stereocenters. The molecule has 0 saturated heterocycles. The fourth-order valence-electron chi connectivity index (χ4n) is 5.18. The highest BCUT2D eigenvalue weighted by atomic mass is 35.5.